The molecule has 0 saturated heterocycles. The minimum absolute atomic E-state index is 0.0662. The number of aliphatic hydroxyl groups is 1. The van der Waals surface area contributed by atoms with Crippen LogP contribution in [0.2, 0.25) is 0 Å². The van der Waals surface area contributed by atoms with Crippen molar-refractivity contribution in [2.45, 2.75) is 57.5 Å². The minimum Gasteiger partial charge on any atom is -0.494 e. The average molecular weight is 455 g/mol. The maximum absolute atomic E-state index is 15.1. The Kier molecular flexibility index (Phi) is 7.08. The van der Waals surface area contributed by atoms with Crippen LogP contribution in [0.4, 0.5) is 13.2 Å². The molecule has 174 valence electrons. The number of hydrogen-bond acceptors (Lipinski definition) is 2. The van der Waals surface area contributed by atoms with Crippen LogP contribution in [0.1, 0.15) is 74.2 Å². The first-order valence-electron chi connectivity index (χ1n) is 11.6. The Bertz CT molecular complexity index is 1100. The second kappa shape index (κ2) is 10.0. The molecule has 2 nitrogen and oxygen atoms in total. The molecule has 0 radical (unpaired) electrons. The SMILES string of the molecule is CCOc1ccc(C2CCC(c3ccc(-c4ccc(C(C)O)cc4)c(F)c3F)CC2)c(F)c1. The van der Waals surface area contributed by atoms with E-state index in [2.05, 4.69) is 0 Å². The molecule has 0 aromatic heterocycles. The van der Waals surface area contributed by atoms with Crippen LogP contribution in [0, 0.1) is 17.5 Å². The van der Waals surface area contributed by atoms with Gasteiger partial charge in [-0.05, 0) is 79.7 Å². The van der Waals surface area contributed by atoms with Crippen molar-refractivity contribution in [3.63, 3.8) is 0 Å². The summed E-state index contributed by atoms with van der Waals surface area (Å²) in [5.41, 5.74) is 2.55. The van der Waals surface area contributed by atoms with Gasteiger partial charge in [0.05, 0.1) is 12.7 Å². The molecule has 1 aliphatic rings. The fraction of sp³-hybridized carbons (Fsp3) is 0.357. The maximum Gasteiger partial charge on any atom is 0.166 e. The molecule has 0 aliphatic heterocycles. The highest BCUT2D eigenvalue weighted by Crippen LogP contribution is 2.43. The number of benzene rings is 3. The van der Waals surface area contributed by atoms with Gasteiger partial charge in [0.1, 0.15) is 11.6 Å². The first kappa shape index (κ1) is 23.4. The molecule has 0 spiro atoms. The van der Waals surface area contributed by atoms with Gasteiger partial charge in [0.15, 0.2) is 11.6 Å². The van der Waals surface area contributed by atoms with Crippen LogP contribution < -0.4 is 4.74 Å². The van der Waals surface area contributed by atoms with Crippen molar-refractivity contribution in [3.8, 4) is 16.9 Å². The van der Waals surface area contributed by atoms with Gasteiger partial charge in [-0.3, -0.25) is 0 Å². The van der Waals surface area contributed by atoms with Gasteiger partial charge in [-0.1, -0.05) is 42.5 Å². The lowest BCUT2D eigenvalue weighted by Crippen LogP contribution is -2.15. The standard InChI is InChI=1S/C28H29F3O2/c1-3-33-22-12-13-23(26(29)16-22)19-8-10-21(11-9-19)25-15-14-24(27(30)28(25)31)20-6-4-18(5-7-20)17(2)32/h4-7,12-17,19,21,32H,3,8-11H2,1-2H3. The molecule has 1 aliphatic carbocycles. The molecule has 4 rings (SSSR count). The number of ether oxygens (including phenoxy) is 1. The molecule has 1 N–H and O–H groups in total. The molecule has 0 heterocycles. The van der Waals surface area contributed by atoms with Crippen molar-refractivity contribution in [3.05, 3.63) is 88.7 Å². The summed E-state index contributed by atoms with van der Waals surface area (Å²) >= 11 is 0. The third-order valence-corrected chi connectivity index (χ3v) is 6.71. The van der Waals surface area contributed by atoms with Crippen LogP contribution in [-0.4, -0.2) is 11.7 Å². The molecule has 0 amide bonds. The Labute approximate surface area is 193 Å². The largest absolute Gasteiger partial charge is 0.494 e. The molecule has 3 aromatic rings. The first-order valence-corrected chi connectivity index (χ1v) is 11.6. The first-order chi connectivity index (χ1) is 15.9. The van der Waals surface area contributed by atoms with Gasteiger partial charge in [0.2, 0.25) is 0 Å². The number of halogens is 3. The summed E-state index contributed by atoms with van der Waals surface area (Å²) < 4.78 is 49.9. The molecule has 1 fully saturated rings. The van der Waals surface area contributed by atoms with Crippen molar-refractivity contribution in [1.82, 2.24) is 0 Å². The van der Waals surface area contributed by atoms with E-state index in [0.717, 1.165) is 18.4 Å². The average Bonchev–Trinajstić information content (AvgIpc) is 2.81. The zero-order valence-corrected chi connectivity index (χ0v) is 19.0. The smallest absolute Gasteiger partial charge is 0.166 e. The summed E-state index contributed by atoms with van der Waals surface area (Å²) in [5.74, 6) is -1.43. The Morgan fingerprint density at radius 3 is 2.03 bits per heavy atom. The number of rotatable bonds is 6. The Morgan fingerprint density at radius 1 is 0.848 bits per heavy atom. The zero-order valence-electron chi connectivity index (χ0n) is 19.0. The molecular weight excluding hydrogens is 425 g/mol. The van der Waals surface area contributed by atoms with Gasteiger partial charge in [-0.15, -0.1) is 0 Å². The van der Waals surface area contributed by atoms with Gasteiger partial charge >= 0.3 is 0 Å². The highest BCUT2D eigenvalue weighted by atomic mass is 19.2. The molecular formula is C28H29F3O2. The zero-order chi connectivity index (χ0) is 23.5. The summed E-state index contributed by atoms with van der Waals surface area (Å²) in [6.45, 7) is 4.00. The Hall–Kier alpha value is -2.79. The Balaban J connectivity index is 1.48. The summed E-state index contributed by atoms with van der Waals surface area (Å²) in [5, 5.41) is 9.64. The van der Waals surface area contributed by atoms with Gasteiger partial charge in [0, 0.05) is 11.6 Å². The lowest BCUT2D eigenvalue weighted by Gasteiger charge is -2.30. The fourth-order valence-corrected chi connectivity index (χ4v) is 4.85. The van der Waals surface area contributed by atoms with Crippen molar-refractivity contribution >= 4 is 0 Å². The highest BCUT2D eigenvalue weighted by molar-refractivity contribution is 5.65. The van der Waals surface area contributed by atoms with Gasteiger partial charge < -0.3 is 9.84 Å². The highest BCUT2D eigenvalue weighted by Gasteiger charge is 2.28. The topological polar surface area (TPSA) is 29.5 Å². The van der Waals surface area contributed by atoms with Crippen LogP contribution in [0.3, 0.4) is 0 Å². The minimum atomic E-state index is -0.850. The van der Waals surface area contributed by atoms with Crippen LogP contribution in [-0.2, 0) is 0 Å². The van der Waals surface area contributed by atoms with Gasteiger partial charge in [0.25, 0.3) is 0 Å². The summed E-state index contributed by atoms with van der Waals surface area (Å²) in [6, 6.07) is 15.1. The van der Waals surface area contributed by atoms with E-state index in [1.807, 2.05) is 6.92 Å². The lowest BCUT2D eigenvalue weighted by molar-refractivity contribution is 0.199. The van der Waals surface area contributed by atoms with Crippen LogP contribution >= 0.6 is 0 Å². The molecule has 5 heteroatoms. The van der Waals surface area contributed by atoms with Crippen molar-refractivity contribution in [2.75, 3.05) is 6.61 Å². The van der Waals surface area contributed by atoms with E-state index in [9.17, 15) is 13.9 Å². The lowest BCUT2D eigenvalue weighted by atomic mass is 9.75. The van der Waals surface area contributed by atoms with Crippen molar-refractivity contribution in [2.24, 2.45) is 0 Å². The van der Waals surface area contributed by atoms with E-state index in [1.54, 1.807) is 55.5 Å². The molecule has 0 bridgehead atoms. The molecule has 1 atom stereocenters. The molecule has 33 heavy (non-hydrogen) atoms. The van der Waals surface area contributed by atoms with Crippen molar-refractivity contribution < 1.29 is 23.0 Å². The normalized spacial score (nSPS) is 19.3. The van der Waals surface area contributed by atoms with E-state index in [0.29, 0.717) is 41.9 Å². The van der Waals surface area contributed by atoms with E-state index >= 15 is 4.39 Å². The third kappa shape index (κ3) is 4.93. The Morgan fingerprint density at radius 2 is 1.45 bits per heavy atom. The van der Waals surface area contributed by atoms with Crippen LogP contribution in [0.25, 0.3) is 11.1 Å². The molecule has 3 aromatic carbocycles. The van der Waals surface area contributed by atoms with E-state index in [1.165, 1.54) is 6.07 Å². The molecule has 1 unspecified atom stereocenters. The summed E-state index contributed by atoms with van der Waals surface area (Å²) in [4.78, 5) is 0. The predicted molar refractivity (Wildman–Crippen MR) is 124 cm³/mol. The predicted octanol–water partition coefficient (Wildman–Crippen LogP) is 7.66. The van der Waals surface area contributed by atoms with E-state index in [4.69, 9.17) is 4.74 Å². The van der Waals surface area contributed by atoms with Gasteiger partial charge in [-0.2, -0.15) is 0 Å². The quantitative estimate of drug-likeness (QED) is 0.414. The van der Waals surface area contributed by atoms with E-state index in [-0.39, 0.29) is 23.2 Å². The van der Waals surface area contributed by atoms with Crippen LogP contribution in [0.15, 0.2) is 54.6 Å². The summed E-state index contributed by atoms with van der Waals surface area (Å²) in [6.07, 6.45) is 2.18. The third-order valence-electron chi connectivity index (χ3n) is 6.71. The van der Waals surface area contributed by atoms with Crippen molar-refractivity contribution in [1.29, 1.82) is 0 Å². The monoisotopic (exact) mass is 454 g/mol. The summed E-state index contributed by atoms with van der Waals surface area (Å²) in [7, 11) is 0. The number of hydrogen-bond donors (Lipinski definition) is 1. The van der Waals surface area contributed by atoms with E-state index < -0.39 is 17.7 Å². The van der Waals surface area contributed by atoms with Gasteiger partial charge in [-0.25, -0.2) is 13.2 Å². The second-order valence-corrected chi connectivity index (χ2v) is 8.79. The molecule has 1 saturated carbocycles. The fourth-order valence-electron chi connectivity index (χ4n) is 4.85. The maximum atomic E-state index is 15.1. The second-order valence-electron chi connectivity index (χ2n) is 8.79. The van der Waals surface area contributed by atoms with Crippen LogP contribution in [0.5, 0.6) is 5.75 Å². The number of aliphatic hydroxyl groups excluding tert-OH is 1.